The molecule has 0 saturated carbocycles. The van der Waals surface area contributed by atoms with E-state index >= 15 is 0 Å². The summed E-state index contributed by atoms with van der Waals surface area (Å²) in [6, 6.07) is 17.0. The molecule has 4 atom stereocenters. The van der Waals surface area contributed by atoms with Crippen LogP contribution in [0.2, 0.25) is 0 Å². The van der Waals surface area contributed by atoms with Crippen LogP contribution in [0.5, 0.6) is 23.0 Å². The molecule has 0 fully saturated rings. The zero-order valence-electron chi connectivity index (χ0n) is 30.0. The van der Waals surface area contributed by atoms with Crippen LogP contribution in [0.1, 0.15) is 46.4 Å². The summed E-state index contributed by atoms with van der Waals surface area (Å²) in [5, 5.41) is 102. The molecule has 286 valence electrons. The first-order chi connectivity index (χ1) is 24.8. The first kappa shape index (κ1) is 54.9. The predicted molar refractivity (Wildman–Crippen MR) is 167 cm³/mol. The number of carboxylic acid groups (broad SMARTS) is 4. The van der Waals surface area contributed by atoms with Crippen LogP contribution >= 0.6 is 0 Å². The Morgan fingerprint density at radius 1 is 0.411 bits per heavy atom. The first-order valence-corrected chi connectivity index (χ1v) is 15.6. The van der Waals surface area contributed by atoms with Gasteiger partial charge in [0.2, 0.25) is 0 Å². The molecule has 4 N–H and O–H groups in total. The third-order valence-corrected chi connectivity index (χ3v) is 7.49. The van der Waals surface area contributed by atoms with E-state index in [4.69, 9.17) is 0 Å². The number of nitrogens with one attached hydrogen (secondary N) is 4. The number of carbonyl (C=O) groups excluding carboxylic acids is 4. The normalized spacial score (nSPS) is 12.1. The van der Waals surface area contributed by atoms with Crippen molar-refractivity contribution in [3.63, 3.8) is 0 Å². The number of carboxylic acids is 4. The Labute approximate surface area is 387 Å². The second-order valence-corrected chi connectivity index (χ2v) is 11.0. The van der Waals surface area contributed by atoms with E-state index < -0.39 is 65.3 Å². The smallest absolute Gasteiger partial charge is 0.872 e. The molecular weight excluding hydrogens is 838 g/mol. The Morgan fingerprint density at radius 2 is 0.661 bits per heavy atom. The average Bonchev–Trinajstić information content (AvgIpc) is 3.10. The monoisotopic (exact) mass is 870 g/mol. The van der Waals surface area contributed by atoms with Crippen LogP contribution in [0.3, 0.4) is 0 Å². The Balaban J connectivity index is 0. The largest absolute Gasteiger partial charge is 3.00 e. The molecule has 0 spiro atoms. The van der Waals surface area contributed by atoms with Crippen LogP contribution in [-0.4, -0.2) is 50.1 Å². The van der Waals surface area contributed by atoms with Crippen LogP contribution in [0.15, 0.2) is 97.1 Å². The van der Waals surface area contributed by atoms with Crippen molar-refractivity contribution in [3.05, 3.63) is 119 Å². The molecule has 0 saturated heterocycles. The number of hydrogen-bond acceptors (Lipinski definition) is 16. The quantitative estimate of drug-likeness (QED) is 0.0533. The minimum atomic E-state index is -1.48. The van der Waals surface area contributed by atoms with E-state index in [0.29, 0.717) is 5.56 Å². The molecule has 0 aliphatic carbocycles. The summed E-state index contributed by atoms with van der Waals surface area (Å²) in [5.74, 6) is -7.39. The molecule has 20 heteroatoms. The molecular formula is C36H32Fe2N4Na2O12. The van der Waals surface area contributed by atoms with Gasteiger partial charge in [0.05, 0.1) is 48.0 Å². The molecule has 16 nitrogen and oxygen atoms in total. The molecule has 0 aliphatic rings. The first-order valence-electron chi connectivity index (χ1n) is 15.6. The minimum absolute atomic E-state index is 0. The molecule has 2 radical (unpaired) electrons. The van der Waals surface area contributed by atoms with Gasteiger partial charge in [-0.3, -0.25) is 0 Å². The summed E-state index contributed by atoms with van der Waals surface area (Å²) in [7, 11) is 0. The van der Waals surface area contributed by atoms with E-state index in [1.807, 2.05) is 0 Å². The maximum Gasteiger partial charge on any atom is 3.00 e. The van der Waals surface area contributed by atoms with Gasteiger partial charge in [-0.15, -0.1) is 23.0 Å². The molecule has 4 unspecified atom stereocenters. The van der Waals surface area contributed by atoms with Crippen molar-refractivity contribution < 1.29 is 153 Å². The fourth-order valence-electron chi connectivity index (χ4n) is 4.98. The van der Waals surface area contributed by atoms with E-state index in [1.54, 1.807) is 6.07 Å². The van der Waals surface area contributed by atoms with Crippen molar-refractivity contribution in [2.75, 3.05) is 26.2 Å². The molecule has 0 aliphatic heterocycles. The second kappa shape index (κ2) is 28.3. The number of hydrogen-bond donors (Lipinski definition) is 4. The molecule has 0 heterocycles. The van der Waals surface area contributed by atoms with Crippen LogP contribution in [0.4, 0.5) is 0 Å². The van der Waals surface area contributed by atoms with Crippen molar-refractivity contribution in [2.45, 2.75) is 24.2 Å². The summed E-state index contributed by atoms with van der Waals surface area (Å²) in [5.41, 5.74) is 0.420. The SMILES string of the molecule is O=C([O-])C(NCCNC(C(=O)[O-])c1ccccc1[O-])c1ccc([O-])cc1.O=C([O-])C(NCCNC(C(=O)[O-])c1ccccc1[O-])c1ccccc1[O-].[Fe+3].[Fe+3].[Na+].[Na+]. The molecule has 4 aromatic rings. The van der Waals surface area contributed by atoms with Crippen LogP contribution in [0, 0.1) is 0 Å². The van der Waals surface area contributed by atoms with Crippen molar-refractivity contribution in [1.82, 2.24) is 21.3 Å². The Morgan fingerprint density at radius 3 is 0.911 bits per heavy atom. The Kier molecular flexibility index (Phi) is 27.7. The van der Waals surface area contributed by atoms with Gasteiger partial charge in [-0.05, 0) is 22.3 Å². The van der Waals surface area contributed by atoms with Crippen LogP contribution in [-0.2, 0) is 53.3 Å². The second-order valence-electron chi connectivity index (χ2n) is 11.0. The number of benzene rings is 4. The van der Waals surface area contributed by atoms with Gasteiger partial charge >= 0.3 is 93.3 Å². The van der Waals surface area contributed by atoms with Gasteiger partial charge in [0.15, 0.2) is 0 Å². The van der Waals surface area contributed by atoms with Crippen molar-refractivity contribution in [1.29, 1.82) is 0 Å². The third-order valence-electron chi connectivity index (χ3n) is 7.49. The number of carbonyl (C=O) groups is 4. The summed E-state index contributed by atoms with van der Waals surface area (Å²) in [4.78, 5) is 45.1. The third kappa shape index (κ3) is 17.1. The van der Waals surface area contributed by atoms with E-state index in [-0.39, 0.29) is 142 Å². The zero-order chi connectivity index (χ0) is 38.2. The number of rotatable bonds is 18. The van der Waals surface area contributed by atoms with Crippen molar-refractivity contribution in [2.24, 2.45) is 0 Å². The zero-order valence-corrected chi connectivity index (χ0v) is 36.2. The molecule has 4 rings (SSSR count). The summed E-state index contributed by atoms with van der Waals surface area (Å²) in [6.45, 7) is 0.147. The van der Waals surface area contributed by atoms with E-state index in [2.05, 4.69) is 21.3 Å². The fraction of sp³-hybridized carbons (Fsp3) is 0.222. The van der Waals surface area contributed by atoms with Crippen LogP contribution < -0.4 is 121 Å². The maximum atomic E-state index is 11.8. The van der Waals surface area contributed by atoms with Gasteiger partial charge in [-0.1, -0.05) is 97.1 Å². The molecule has 0 bridgehead atoms. The van der Waals surface area contributed by atoms with Gasteiger partial charge in [0.25, 0.3) is 0 Å². The minimum Gasteiger partial charge on any atom is -0.872 e. The topological polar surface area (TPSA) is 301 Å². The molecule has 56 heavy (non-hydrogen) atoms. The van der Waals surface area contributed by atoms with Gasteiger partial charge in [-0.25, -0.2) is 0 Å². The van der Waals surface area contributed by atoms with Gasteiger partial charge < -0.3 is 81.3 Å². The number of aliphatic carboxylic acids is 4. The molecule has 4 aromatic carbocycles. The van der Waals surface area contributed by atoms with Crippen molar-refractivity contribution >= 4 is 23.9 Å². The Hall–Kier alpha value is -3.16. The average molecular weight is 870 g/mol. The Bertz CT molecular complexity index is 1760. The summed E-state index contributed by atoms with van der Waals surface area (Å²) >= 11 is 0. The summed E-state index contributed by atoms with van der Waals surface area (Å²) in [6.07, 6.45) is 0. The van der Waals surface area contributed by atoms with Gasteiger partial charge in [0.1, 0.15) is 0 Å². The fourth-order valence-corrected chi connectivity index (χ4v) is 4.98. The van der Waals surface area contributed by atoms with E-state index in [1.165, 1.54) is 91.0 Å². The molecule has 0 aromatic heterocycles. The van der Waals surface area contributed by atoms with E-state index in [9.17, 15) is 60.0 Å². The van der Waals surface area contributed by atoms with Gasteiger partial charge in [-0.2, -0.15) is 0 Å². The van der Waals surface area contributed by atoms with E-state index in [0.717, 1.165) is 0 Å². The van der Waals surface area contributed by atoms with Crippen LogP contribution in [0.25, 0.3) is 0 Å². The summed E-state index contributed by atoms with van der Waals surface area (Å²) < 4.78 is 0. The predicted octanol–water partition coefficient (Wildman–Crippen LogP) is -11.4. The van der Waals surface area contributed by atoms with Crippen molar-refractivity contribution in [3.8, 4) is 23.0 Å². The van der Waals surface area contributed by atoms with Gasteiger partial charge in [0, 0.05) is 26.2 Å². The standard InChI is InChI=1S/2C18H20N2O6.2Fe.2Na/c21-13-7-3-1-5-11(13)15(17(23)24)19-9-10-20-16(18(25)26)12-6-2-4-8-14(12)22;21-12-7-5-11(6-8-12)15(17(23)24)19-9-10-20-16(18(25)26)13-3-1-2-4-14(13)22;;;;/h2*1-8,15-16,19-22H,9-10H2,(H,23,24)(H,25,26);;;;/q;;2*+3;2*+1/p-8. The maximum absolute atomic E-state index is 11.8. The number of para-hydroxylation sites is 3. The molecule has 0 amide bonds.